The van der Waals surface area contributed by atoms with Gasteiger partial charge in [0.1, 0.15) is 17.5 Å². The van der Waals surface area contributed by atoms with Crippen LogP contribution in [0.1, 0.15) is 31.0 Å². The number of carbonyl (C=O) groups excluding carboxylic acids is 1. The van der Waals surface area contributed by atoms with Crippen LogP contribution < -0.4 is 10.2 Å². The van der Waals surface area contributed by atoms with Crippen molar-refractivity contribution in [1.29, 1.82) is 0 Å². The van der Waals surface area contributed by atoms with Gasteiger partial charge in [0, 0.05) is 12.6 Å². The minimum atomic E-state index is -1.19. The van der Waals surface area contributed by atoms with Crippen LogP contribution >= 0.6 is 12.4 Å². The van der Waals surface area contributed by atoms with Gasteiger partial charge in [0.2, 0.25) is 5.91 Å². The molecule has 0 radical (unpaired) electrons. The molecule has 0 saturated carbocycles. The first kappa shape index (κ1) is 22.2. The molecule has 2 aromatic carbocycles. The van der Waals surface area contributed by atoms with Crippen molar-refractivity contribution in [1.82, 2.24) is 5.32 Å². The molecule has 0 aliphatic carbocycles. The predicted molar refractivity (Wildman–Crippen MR) is 103 cm³/mol. The third-order valence-electron chi connectivity index (χ3n) is 4.94. The van der Waals surface area contributed by atoms with Crippen LogP contribution in [-0.2, 0) is 10.2 Å². The van der Waals surface area contributed by atoms with Crippen molar-refractivity contribution in [3.8, 4) is 0 Å². The summed E-state index contributed by atoms with van der Waals surface area (Å²) in [5, 5.41) is 13.5. The largest absolute Gasteiger partial charge is 0.389 e. The van der Waals surface area contributed by atoms with Crippen LogP contribution in [-0.4, -0.2) is 30.7 Å². The highest BCUT2D eigenvalue weighted by Gasteiger charge is 2.50. The Morgan fingerprint density at radius 1 is 1.14 bits per heavy atom. The Morgan fingerprint density at radius 2 is 1.82 bits per heavy atom. The average Bonchev–Trinajstić information content (AvgIpc) is 2.77. The van der Waals surface area contributed by atoms with E-state index in [9.17, 15) is 23.1 Å². The Morgan fingerprint density at radius 3 is 2.43 bits per heavy atom. The first-order valence-corrected chi connectivity index (χ1v) is 8.59. The molecular weight excluding hydrogens is 393 g/mol. The zero-order chi connectivity index (χ0) is 19.9. The normalized spacial score (nSPS) is 17.1. The van der Waals surface area contributed by atoms with Gasteiger partial charge in [0.15, 0.2) is 0 Å². The summed E-state index contributed by atoms with van der Waals surface area (Å²) in [7, 11) is 1.62. The molecule has 0 aromatic heterocycles. The highest BCUT2D eigenvalue weighted by Crippen LogP contribution is 2.47. The predicted octanol–water partition coefficient (Wildman–Crippen LogP) is 3.47. The fraction of sp³-hybridized carbons (Fsp3) is 0.350. The second-order valence-electron chi connectivity index (χ2n) is 7.21. The summed E-state index contributed by atoms with van der Waals surface area (Å²) in [5.41, 5.74) is -0.763. The summed E-state index contributed by atoms with van der Waals surface area (Å²) in [6.45, 7) is 3.23. The van der Waals surface area contributed by atoms with E-state index in [0.717, 1.165) is 11.0 Å². The number of nitrogens with zero attached hydrogens (tertiary/aromatic N) is 1. The van der Waals surface area contributed by atoms with Crippen LogP contribution in [0.25, 0.3) is 0 Å². The Labute approximate surface area is 167 Å². The number of hydrogen-bond acceptors (Lipinski definition) is 3. The summed E-state index contributed by atoms with van der Waals surface area (Å²) in [6.07, 6.45) is -1.15. The number of aliphatic hydroxyl groups is 1. The van der Waals surface area contributed by atoms with Crippen molar-refractivity contribution in [2.75, 3.05) is 18.5 Å². The number of carbonyl (C=O) groups is 1. The number of halogens is 4. The number of likely N-dealkylation sites (N-methyl/N-ethyl adjacent to an activating group) is 1. The van der Waals surface area contributed by atoms with Crippen LogP contribution in [0.5, 0.6) is 0 Å². The molecule has 0 unspecified atom stereocenters. The minimum absolute atomic E-state index is 0. The van der Waals surface area contributed by atoms with Crippen LogP contribution in [0.2, 0.25) is 0 Å². The molecule has 2 N–H and O–H groups in total. The third-order valence-corrected chi connectivity index (χ3v) is 4.94. The molecule has 1 heterocycles. The van der Waals surface area contributed by atoms with E-state index in [1.54, 1.807) is 27.0 Å². The van der Waals surface area contributed by atoms with E-state index in [2.05, 4.69) is 5.32 Å². The lowest BCUT2D eigenvalue weighted by Crippen LogP contribution is -2.45. The molecule has 8 heteroatoms. The van der Waals surface area contributed by atoms with Crippen molar-refractivity contribution < 1.29 is 23.1 Å². The van der Waals surface area contributed by atoms with Crippen LogP contribution in [0, 0.1) is 17.5 Å². The molecule has 152 valence electrons. The first-order valence-electron chi connectivity index (χ1n) is 8.59. The van der Waals surface area contributed by atoms with Gasteiger partial charge in [-0.05, 0) is 50.2 Å². The Balaban J connectivity index is 0.00000280. The molecule has 0 bridgehead atoms. The van der Waals surface area contributed by atoms with Gasteiger partial charge in [-0.1, -0.05) is 12.1 Å². The van der Waals surface area contributed by atoms with Gasteiger partial charge in [-0.2, -0.15) is 0 Å². The van der Waals surface area contributed by atoms with E-state index in [0.29, 0.717) is 11.6 Å². The maximum Gasteiger partial charge on any atom is 0.237 e. The molecule has 3 rings (SSSR count). The number of amides is 1. The molecule has 1 amide bonds. The molecule has 0 saturated heterocycles. The van der Waals surface area contributed by atoms with Gasteiger partial charge in [-0.3, -0.25) is 9.69 Å². The van der Waals surface area contributed by atoms with E-state index >= 15 is 0 Å². The fourth-order valence-electron chi connectivity index (χ4n) is 3.63. The van der Waals surface area contributed by atoms with Gasteiger partial charge in [-0.15, -0.1) is 12.4 Å². The Kier molecular flexibility index (Phi) is 6.43. The second kappa shape index (κ2) is 8.11. The zero-order valence-electron chi connectivity index (χ0n) is 15.7. The Bertz CT molecular complexity index is 892. The number of fused-ring (bicyclic) bond motifs is 1. The lowest BCUT2D eigenvalue weighted by molar-refractivity contribution is -0.123. The number of rotatable bonds is 5. The molecule has 1 aliphatic rings. The molecule has 28 heavy (non-hydrogen) atoms. The van der Waals surface area contributed by atoms with Crippen LogP contribution in [0.4, 0.5) is 18.9 Å². The molecule has 1 aliphatic heterocycles. The summed E-state index contributed by atoms with van der Waals surface area (Å²) >= 11 is 0. The average molecular weight is 415 g/mol. The number of benzene rings is 2. The van der Waals surface area contributed by atoms with Crippen molar-refractivity contribution in [2.45, 2.75) is 31.4 Å². The first-order chi connectivity index (χ1) is 12.7. The van der Waals surface area contributed by atoms with Gasteiger partial charge in [-0.25, -0.2) is 13.2 Å². The molecule has 4 nitrogen and oxygen atoms in total. The molecule has 0 fully saturated rings. The van der Waals surface area contributed by atoms with E-state index in [1.807, 2.05) is 0 Å². The third kappa shape index (κ3) is 3.62. The highest BCUT2D eigenvalue weighted by atomic mass is 35.5. The number of nitrogens with one attached hydrogen (secondary N) is 1. The molecular formula is C20H22ClF3N2O2. The summed E-state index contributed by atoms with van der Waals surface area (Å²) < 4.78 is 42.3. The van der Waals surface area contributed by atoms with Gasteiger partial charge in [0.05, 0.1) is 23.2 Å². The molecule has 0 spiro atoms. The van der Waals surface area contributed by atoms with E-state index in [-0.39, 0.29) is 30.2 Å². The van der Waals surface area contributed by atoms with E-state index in [4.69, 9.17) is 0 Å². The van der Waals surface area contributed by atoms with Gasteiger partial charge >= 0.3 is 0 Å². The van der Waals surface area contributed by atoms with Crippen molar-refractivity contribution in [3.05, 3.63) is 65.0 Å². The minimum Gasteiger partial charge on any atom is -0.389 e. The summed E-state index contributed by atoms with van der Waals surface area (Å²) in [5.74, 6) is -2.72. The maximum atomic E-state index is 14.7. The fourth-order valence-corrected chi connectivity index (χ4v) is 3.63. The second-order valence-corrected chi connectivity index (χ2v) is 7.21. The SMILES string of the molecule is CNC[C@H](O)[C@H](c1cccc(F)c1)N1C(=O)C(C)(C)c2cc(F)cc(F)c21.Cl. The van der Waals surface area contributed by atoms with E-state index in [1.165, 1.54) is 18.2 Å². The van der Waals surface area contributed by atoms with E-state index < -0.39 is 40.9 Å². The molecule has 2 aromatic rings. The lowest BCUT2D eigenvalue weighted by Gasteiger charge is -2.34. The highest BCUT2D eigenvalue weighted by molar-refractivity contribution is 6.08. The standard InChI is InChI=1S/C20H21F3N2O2.ClH/c1-20(2)14-8-13(22)9-15(23)18(14)25(19(20)27)17(16(26)10-24-3)11-5-4-6-12(21)7-11;/h4-9,16-17,24,26H,10H2,1-3H3;1H/t16-,17-;/m0./s1. The molecule has 2 atom stereocenters. The van der Waals surface area contributed by atoms with Crippen molar-refractivity contribution >= 4 is 24.0 Å². The van der Waals surface area contributed by atoms with Crippen molar-refractivity contribution in [3.63, 3.8) is 0 Å². The van der Waals surface area contributed by atoms with Gasteiger partial charge in [0.25, 0.3) is 0 Å². The topological polar surface area (TPSA) is 52.6 Å². The maximum absolute atomic E-state index is 14.7. The zero-order valence-corrected chi connectivity index (χ0v) is 16.5. The number of hydrogen-bond donors (Lipinski definition) is 2. The van der Waals surface area contributed by atoms with Gasteiger partial charge < -0.3 is 10.4 Å². The number of anilines is 1. The monoisotopic (exact) mass is 414 g/mol. The Hall–Kier alpha value is -2.09. The van der Waals surface area contributed by atoms with Crippen molar-refractivity contribution in [2.24, 2.45) is 0 Å². The summed E-state index contributed by atoms with van der Waals surface area (Å²) in [4.78, 5) is 14.3. The van der Waals surface area contributed by atoms with Crippen LogP contribution in [0.3, 0.4) is 0 Å². The lowest BCUT2D eigenvalue weighted by atomic mass is 9.86. The smallest absolute Gasteiger partial charge is 0.237 e. The van der Waals surface area contributed by atoms with Crippen LogP contribution in [0.15, 0.2) is 36.4 Å². The quantitative estimate of drug-likeness (QED) is 0.787. The summed E-state index contributed by atoms with van der Waals surface area (Å²) in [6, 6.07) is 6.25. The number of aliphatic hydroxyl groups excluding tert-OH is 1.